The monoisotopic (exact) mass is 416 g/mol. The molecule has 2 rings (SSSR count). The first-order chi connectivity index (χ1) is 13.8. The lowest BCUT2D eigenvalue weighted by atomic mass is 10.1. The smallest absolute Gasteiger partial charge is 0.262 e. The van der Waals surface area contributed by atoms with Crippen molar-refractivity contribution in [2.24, 2.45) is 0 Å². The number of rotatable bonds is 8. The zero-order valence-electron chi connectivity index (χ0n) is 16.5. The molecule has 29 heavy (non-hydrogen) atoms. The Labute approximate surface area is 174 Å². The van der Waals surface area contributed by atoms with Crippen LogP contribution in [0.15, 0.2) is 42.0 Å². The zero-order valence-corrected chi connectivity index (χ0v) is 17.2. The van der Waals surface area contributed by atoms with Gasteiger partial charge >= 0.3 is 0 Å². The van der Waals surface area contributed by atoms with Crippen LogP contribution in [0.25, 0.3) is 6.08 Å². The van der Waals surface area contributed by atoms with Gasteiger partial charge in [-0.05, 0) is 62.2 Å². The maximum absolute atomic E-state index is 13.0. The normalized spacial score (nSPS) is 11.1. The molecule has 0 saturated heterocycles. The Hall–Kier alpha value is -3.04. The number of benzene rings is 2. The molecular formula is C22H22ClFN2O3. The van der Waals surface area contributed by atoms with Crippen LogP contribution in [0.1, 0.15) is 31.9 Å². The number of carbonyl (C=O) groups is 1. The van der Waals surface area contributed by atoms with Crippen molar-refractivity contribution < 1.29 is 18.7 Å². The topological polar surface area (TPSA) is 71.3 Å². The number of hydrogen-bond acceptors (Lipinski definition) is 4. The van der Waals surface area contributed by atoms with E-state index in [0.29, 0.717) is 23.7 Å². The largest absolute Gasteiger partial charge is 0.490 e. The summed E-state index contributed by atoms with van der Waals surface area (Å²) in [5, 5.41) is 12.2. The third-order valence-electron chi connectivity index (χ3n) is 3.72. The van der Waals surface area contributed by atoms with Gasteiger partial charge in [0.2, 0.25) is 0 Å². The predicted molar refractivity (Wildman–Crippen MR) is 110 cm³/mol. The molecule has 0 radical (unpaired) electrons. The fourth-order valence-electron chi connectivity index (χ4n) is 2.47. The Morgan fingerprint density at radius 2 is 1.97 bits per heavy atom. The summed E-state index contributed by atoms with van der Waals surface area (Å²) in [5.41, 5.74) is 1.26. The third-order valence-corrected chi connectivity index (χ3v) is 4.00. The maximum Gasteiger partial charge on any atom is 0.262 e. The lowest BCUT2D eigenvalue weighted by Gasteiger charge is -2.15. The van der Waals surface area contributed by atoms with E-state index in [2.05, 4.69) is 5.32 Å². The Morgan fingerprint density at radius 3 is 2.55 bits per heavy atom. The summed E-state index contributed by atoms with van der Waals surface area (Å²) in [5.74, 6) is -0.0732. The quantitative estimate of drug-likeness (QED) is 0.491. The highest BCUT2D eigenvalue weighted by molar-refractivity contribution is 6.32. The van der Waals surface area contributed by atoms with Crippen molar-refractivity contribution in [2.75, 3.05) is 6.61 Å². The van der Waals surface area contributed by atoms with Crippen LogP contribution in [0.3, 0.4) is 0 Å². The average Bonchev–Trinajstić information content (AvgIpc) is 2.66. The zero-order chi connectivity index (χ0) is 21.4. The molecule has 0 heterocycles. The first-order valence-corrected chi connectivity index (χ1v) is 9.48. The second-order valence-corrected chi connectivity index (χ2v) is 6.88. The summed E-state index contributed by atoms with van der Waals surface area (Å²) >= 11 is 6.37. The summed E-state index contributed by atoms with van der Waals surface area (Å²) in [7, 11) is 0. The molecule has 152 valence electrons. The first-order valence-electron chi connectivity index (χ1n) is 9.10. The van der Waals surface area contributed by atoms with Gasteiger partial charge in [-0.2, -0.15) is 5.26 Å². The molecule has 0 aliphatic carbocycles. The van der Waals surface area contributed by atoms with E-state index in [1.165, 1.54) is 18.2 Å². The molecule has 7 heteroatoms. The summed E-state index contributed by atoms with van der Waals surface area (Å²) in [4.78, 5) is 12.1. The molecule has 0 atom stereocenters. The number of carbonyl (C=O) groups excluding carboxylic acids is 1. The van der Waals surface area contributed by atoms with Gasteiger partial charge in [0.15, 0.2) is 11.5 Å². The van der Waals surface area contributed by atoms with Crippen LogP contribution < -0.4 is 14.8 Å². The number of hydrogen-bond donors (Lipinski definition) is 1. The number of ether oxygens (including phenoxy) is 2. The molecule has 5 nitrogen and oxygen atoms in total. The number of amides is 1. The molecule has 1 amide bonds. The van der Waals surface area contributed by atoms with Gasteiger partial charge in [-0.25, -0.2) is 4.39 Å². The Kier molecular flexibility index (Phi) is 8.05. The highest BCUT2D eigenvalue weighted by Crippen LogP contribution is 2.37. The Balaban J connectivity index is 2.30. The van der Waals surface area contributed by atoms with Crippen molar-refractivity contribution >= 4 is 23.6 Å². The highest BCUT2D eigenvalue weighted by Gasteiger charge is 2.15. The van der Waals surface area contributed by atoms with Crippen molar-refractivity contribution in [1.29, 1.82) is 5.26 Å². The molecule has 1 N–H and O–H groups in total. The predicted octanol–water partition coefficient (Wildman–Crippen LogP) is 4.89. The minimum Gasteiger partial charge on any atom is -0.490 e. The van der Waals surface area contributed by atoms with Gasteiger partial charge in [0, 0.05) is 6.04 Å². The molecule has 0 aromatic heterocycles. The molecule has 0 bridgehead atoms. The third kappa shape index (κ3) is 6.51. The number of nitrogens with zero attached hydrogens (tertiary/aromatic N) is 1. The van der Waals surface area contributed by atoms with Crippen LogP contribution in [0.5, 0.6) is 11.5 Å². The second kappa shape index (κ2) is 10.5. The van der Waals surface area contributed by atoms with E-state index in [4.69, 9.17) is 21.1 Å². The van der Waals surface area contributed by atoms with Gasteiger partial charge in [-0.3, -0.25) is 4.79 Å². The standard InChI is InChI=1S/C22H22ClFN2O3/c1-4-28-20-11-16(9-17(12-25)22(27)26-14(2)3)10-19(23)21(20)29-13-15-5-7-18(24)8-6-15/h5-11,14H,4,13H2,1-3H3,(H,26,27)/b17-9-. The molecule has 2 aromatic carbocycles. The van der Waals surface area contributed by atoms with Gasteiger partial charge in [0.25, 0.3) is 5.91 Å². The SMILES string of the molecule is CCOc1cc(/C=C(/C#N)C(=O)NC(C)C)cc(Cl)c1OCc1ccc(F)cc1. The Bertz CT molecular complexity index is 934. The summed E-state index contributed by atoms with van der Waals surface area (Å²) < 4.78 is 24.5. The molecule has 0 aliphatic rings. The van der Waals surface area contributed by atoms with E-state index in [9.17, 15) is 14.4 Å². The van der Waals surface area contributed by atoms with Crippen LogP contribution in [0.4, 0.5) is 4.39 Å². The number of nitriles is 1. The first kappa shape index (κ1) is 22.3. The fraction of sp³-hybridized carbons (Fsp3) is 0.273. The van der Waals surface area contributed by atoms with E-state index in [-0.39, 0.29) is 29.1 Å². The van der Waals surface area contributed by atoms with Crippen molar-refractivity contribution in [2.45, 2.75) is 33.4 Å². The van der Waals surface area contributed by atoms with E-state index < -0.39 is 5.91 Å². The van der Waals surface area contributed by atoms with E-state index in [1.807, 2.05) is 26.8 Å². The van der Waals surface area contributed by atoms with E-state index in [1.54, 1.807) is 24.3 Å². The Morgan fingerprint density at radius 1 is 1.28 bits per heavy atom. The van der Waals surface area contributed by atoms with Crippen LogP contribution in [-0.2, 0) is 11.4 Å². The second-order valence-electron chi connectivity index (χ2n) is 6.48. The lowest BCUT2D eigenvalue weighted by molar-refractivity contribution is -0.117. The molecule has 0 unspecified atom stereocenters. The van der Waals surface area contributed by atoms with Crippen LogP contribution in [0.2, 0.25) is 5.02 Å². The fourth-order valence-corrected chi connectivity index (χ4v) is 2.74. The summed E-state index contributed by atoms with van der Waals surface area (Å²) in [6.07, 6.45) is 1.44. The van der Waals surface area contributed by atoms with E-state index >= 15 is 0 Å². The van der Waals surface area contributed by atoms with Gasteiger partial charge in [-0.1, -0.05) is 23.7 Å². The minimum atomic E-state index is -0.465. The number of halogens is 2. The minimum absolute atomic E-state index is 0.0443. The molecule has 0 saturated carbocycles. The lowest BCUT2D eigenvalue weighted by Crippen LogP contribution is -2.30. The molecule has 0 fully saturated rings. The van der Waals surface area contributed by atoms with Crippen molar-refractivity contribution in [3.05, 3.63) is 63.9 Å². The molecular weight excluding hydrogens is 395 g/mol. The van der Waals surface area contributed by atoms with Crippen molar-refractivity contribution in [1.82, 2.24) is 5.32 Å². The maximum atomic E-state index is 13.0. The number of nitrogens with one attached hydrogen (secondary N) is 1. The highest BCUT2D eigenvalue weighted by atomic mass is 35.5. The van der Waals surface area contributed by atoms with E-state index in [0.717, 1.165) is 5.56 Å². The average molecular weight is 417 g/mol. The van der Waals surface area contributed by atoms with Gasteiger partial charge in [0.05, 0.1) is 11.6 Å². The van der Waals surface area contributed by atoms with Crippen LogP contribution in [0, 0.1) is 17.1 Å². The van der Waals surface area contributed by atoms with Crippen molar-refractivity contribution in [3.63, 3.8) is 0 Å². The molecule has 0 aliphatic heterocycles. The molecule has 0 spiro atoms. The van der Waals surface area contributed by atoms with Crippen molar-refractivity contribution in [3.8, 4) is 17.6 Å². The van der Waals surface area contributed by atoms with Gasteiger partial charge in [-0.15, -0.1) is 0 Å². The van der Waals surface area contributed by atoms with Crippen LogP contribution in [-0.4, -0.2) is 18.6 Å². The van der Waals surface area contributed by atoms with Gasteiger partial charge in [0.1, 0.15) is 24.1 Å². The summed E-state index contributed by atoms with van der Waals surface area (Å²) in [6.45, 7) is 5.98. The van der Waals surface area contributed by atoms with Gasteiger partial charge < -0.3 is 14.8 Å². The molecule has 2 aromatic rings. The van der Waals surface area contributed by atoms with Crippen LogP contribution >= 0.6 is 11.6 Å². The summed E-state index contributed by atoms with van der Waals surface area (Å²) in [6, 6.07) is 11.0.